The fraction of sp³-hybridized carbons (Fsp3) is 0.0909. The normalized spacial score (nSPS) is 9.94. The molecule has 0 aliphatic heterocycles. The maximum absolute atomic E-state index is 11.7. The Morgan fingerprint density at radius 2 is 2.29 bits per heavy atom. The zero-order valence-corrected chi connectivity index (χ0v) is 9.01. The van der Waals surface area contributed by atoms with Crippen molar-refractivity contribution in [1.29, 1.82) is 0 Å². The number of nitrogens with two attached hydrogens (primary N) is 1. The number of hydrazine groups is 1. The van der Waals surface area contributed by atoms with Crippen molar-refractivity contribution in [3.8, 4) is 0 Å². The monoisotopic (exact) mass is 232 g/mol. The van der Waals surface area contributed by atoms with Gasteiger partial charge in [0.25, 0.3) is 5.91 Å². The van der Waals surface area contributed by atoms with E-state index in [9.17, 15) is 4.79 Å². The van der Waals surface area contributed by atoms with Crippen molar-refractivity contribution in [1.82, 2.24) is 10.3 Å². The van der Waals surface area contributed by atoms with Crippen LogP contribution in [-0.4, -0.2) is 10.9 Å². The first kappa shape index (κ1) is 11.2. The quantitative estimate of drug-likeness (QED) is 0.537. The molecule has 0 radical (unpaired) electrons. The molecular weight excluding hydrogens is 220 g/mol. The number of amides is 1. The predicted molar refractivity (Wildman–Crippen MR) is 61.9 cm³/mol. The molecular formula is C11H12N4O2. The van der Waals surface area contributed by atoms with E-state index in [2.05, 4.69) is 15.7 Å². The minimum absolute atomic E-state index is 0.192. The van der Waals surface area contributed by atoms with Gasteiger partial charge >= 0.3 is 0 Å². The highest BCUT2D eigenvalue weighted by Crippen LogP contribution is 2.04. The number of furan rings is 1. The SMILES string of the molecule is NNc1ccc(C(=O)NCc2ccoc2)cn1. The number of carbonyl (C=O) groups is 1. The van der Waals surface area contributed by atoms with Gasteiger partial charge in [-0.05, 0) is 18.2 Å². The van der Waals surface area contributed by atoms with E-state index in [1.54, 1.807) is 30.7 Å². The van der Waals surface area contributed by atoms with Crippen LogP contribution in [0.3, 0.4) is 0 Å². The van der Waals surface area contributed by atoms with Crippen LogP contribution >= 0.6 is 0 Å². The summed E-state index contributed by atoms with van der Waals surface area (Å²) in [6, 6.07) is 5.07. The Morgan fingerprint density at radius 3 is 2.88 bits per heavy atom. The van der Waals surface area contributed by atoms with E-state index in [1.165, 1.54) is 6.20 Å². The van der Waals surface area contributed by atoms with Crippen molar-refractivity contribution in [3.05, 3.63) is 48.0 Å². The van der Waals surface area contributed by atoms with E-state index >= 15 is 0 Å². The highest BCUT2D eigenvalue weighted by molar-refractivity contribution is 5.93. The number of nitrogen functional groups attached to an aromatic ring is 1. The maximum Gasteiger partial charge on any atom is 0.253 e. The molecule has 88 valence electrons. The Bertz CT molecular complexity index is 479. The van der Waals surface area contributed by atoms with E-state index < -0.39 is 0 Å². The highest BCUT2D eigenvalue weighted by Gasteiger charge is 2.05. The summed E-state index contributed by atoms with van der Waals surface area (Å²) in [5.74, 6) is 5.49. The molecule has 0 bridgehead atoms. The van der Waals surface area contributed by atoms with Crippen LogP contribution < -0.4 is 16.6 Å². The summed E-state index contributed by atoms with van der Waals surface area (Å²) >= 11 is 0. The number of carbonyl (C=O) groups excluding carboxylic acids is 1. The van der Waals surface area contributed by atoms with Crippen molar-refractivity contribution in [3.63, 3.8) is 0 Å². The average molecular weight is 232 g/mol. The molecule has 17 heavy (non-hydrogen) atoms. The van der Waals surface area contributed by atoms with Crippen LogP contribution in [0.4, 0.5) is 5.82 Å². The molecule has 0 saturated carbocycles. The van der Waals surface area contributed by atoms with Crippen LogP contribution in [0.25, 0.3) is 0 Å². The van der Waals surface area contributed by atoms with Gasteiger partial charge < -0.3 is 15.2 Å². The number of aromatic nitrogens is 1. The molecule has 0 atom stereocenters. The van der Waals surface area contributed by atoms with E-state index in [4.69, 9.17) is 10.3 Å². The van der Waals surface area contributed by atoms with Crippen molar-refractivity contribution >= 4 is 11.7 Å². The molecule has 6 nitrogen and oxygen atoms in total. The fourth-order valence-corrected chi connectivity index (χ4v) is 1.29. The van der Waals surface area contributed by atoms with E-state index in [0.29, 0.717) is 17.9 Å². The summed E-state index contributed by atoms with van der Waals surface area (Å²) in [4.78, 5) is 15.7. The summed E-state index contributed by atoms with van der Waals surface area (Å²) in [6.07, 6.45) is 4.60. The molecule has 2 rings (SSSR count). The summed E-state index contributed by atoms with van der Waals surface area (Å²) in [5, 5.41) is 2.75. The Balaban J connectivity index is 1.95. The number of nitrogens with zero attached hydrogens (tertiary/aromatic N) is 1. The predicted octanol–water partition coefficient (Wildman–Crippen LogP) is 0.890. The number of pyridine rings is 1. The lowest BCUT2D eigenvalue weighted by Crippen LogP contribution is -2.22. The molecule has 4 N–H and O–H groups in total. The lowest BCUT2D eigenvalue weighted by molar-refractivity contribution is 0.0950. The van der Waals surface area contributed by atoms with Crippen LogP contribution in [0, 0.1) is 0 Å². The fourth-order valence-electron chi connectivity index (χ4n) is 1.29. The zero-order chi connectivity index (χ0) is 12.1. The standard InChI is InChI=1S/C11H12N4O2/c12-15-10-2-1-9(6-13-10)11(16)14-5-8-3-4-17-7-8/h1-4,6-7H,5,12H2,(H,13,15)(H,14,16). The van der Waals surface area contributed by atoms with Crippen molar-refractivity contribution < 1.29 is 9.21 Å². The van der Waals surface area contributed by atoms with Crippen molar-refractivity contribution in [2.75, 3.05) is 5.43 Å². The highest BCUT2D eigenvalue weighted by atomic mass is 16.3. The molecule has 1 amide bonds. The van der Waals surface area contributed by atoms with Crippen LogP contribution in [0.5, 0.6) is 0 Å². The molecule has 2 heterocycles. The Hall–Kier alpha value is -2.34. The van der Waals surface area contributed by atoms with Gasteiger partial charge in [0, 0.05) is 18.3 Å². The number of nitrogens with one attached hydrogen (secondary N) is 2. The smallest absolute Gasteiger partial charge is 0.253 e. The van der Waals surface area contributed by atoms with Crippen LogP contribution in [-0.2, 0) is 6.54 Å². The van der Waals surface area contributed by atoms with Crippen LogP contribution in [0.15, 0.2) is 41.3 Å². The number of rotatable bonds is 4. The van der Waals surface area contributed by atoms with Gasteiger partial charge in [-0.2, -0.15) is 0 Å². The van der Waals surface area contributed by atoms with Gasteiger partial charge in [-0.25, -0.2) is 10.8 Å². The molecule has 0 unspecified atom stereocenters. The maximum atomic E-state index is 11.7. The molecule has 2 aromatic rings. The number of anilines is 1. The lowest BCUT2D eigenvalue weighted by atomic mass is 10.2. The zero-order valence-electron chi connectivity index (χ0n) is 9.01. The van der Waals surface area contributed by atoms with E-state index in [-0.39, 0.29) is 5.91 Å². The molecule has 6 heteroatoms. The Labute approximate surface area is 97.8 Å². The molecule has 2 aromatic heterocycles. The minimum Gasteiger partial charge on any atom is -0.472 e. The van der Waals surface area contributed by atoms with Gasteiger partial charge in [-0.3, -0.25) is 4.79 Å². The van der Waals surface area contributed by atoms with Gasteiger partial charge in [0.05, 0.1) is 18.1 Å². The Kier molecular flexibility index (Phi) is 3.37. The number of hydrogen-bond donors (Lipinski definition) is 3. The van der Waals surface area contributed by atoms with E-state index in [1.807, 2.05) is 0 Å². The van der Waals surface area contributed by atoms with Gasteiger partial charge in [0.2, 0.25) is 0 Å². The third-order valence-corrected chi connectivity index (χ3v) is 2.21. The second-order valence-electron chi connectivity index (χ2n) is 3.39. The van der Waals surface area contributed by atoms with Crippen LogP contribution in [0.1, 0.15) is 15.9 Å². The van der Waals surface area contributed by atoms with Gasteiger partial charge in [-0.15, -0.1) is 0 Å². The van der Waals surface area contributed by atoms with E-state index in [0.717, 1.165) is 5.56 Å². The van der Waals surface area contributed by atoms with Crippen LogP contribution in [0.2, 0.25) is 0 Å². The van der Waals surface area contributed by atoms with Gasteiger partial charge in [-0.1, -0.05) is 0 Å². The second kappa shape index (κ2) is 5.13. The topological polar surface area (TPSA) is 93.2 Å². The molecule has 0 fully saturated rings. The summed E-state index contributed by atoms with van der Waals surface area (Å²) in [7, 11) is 0. The summed E-state index contributed by atoms with van der Waals surface area (Å²) in [5.41, 5.74) is 3.78. The Morgan fingerprint density at radius 1 is 1.41 bits per heavy atom. The minimum atomic E-state index is -0.192. The van der Waals surface area contributed by atoms with Gasteiger partial charge in [0.1, 0.15) is 5.82 Å². The summed E-state index contributed by atoms with van der Waals surface area (Å²) < 4.78 is 4.90. The van der Waals surface area contributed by atoms with Gasteiger partial charge in [0.15, 0.2) is 0 Å². The first-order valence-corrected chi connectivity index (χ1v) is 5.01. The largest absolute Gasteiger partial charge is 0.472 e. The molecule has 0 aliphatic carbocycles. The van der Waals surface area contributed by atoms with Crippen molar-refractivity contribution in [2.45, 2.75) is 6.54 Å². The first-order chi connectivity index (χ1) is 8.29. The first-order valence-electron chi connectivity index (χ1n) is 5.01. The molecule has 0 aromatic carbocycles. The number of hydrogen-bond acceptors (Lipinski definition) is 5. The lowest BCUT2D eigenvalue weighted by Gasteiger charge is -2.04. The van der Waals surface area contributed by atoms with Crippen molar-refractivity contribution in [2.24, 2.45) is 5.84 Å². The molecule has 0 aliphatic rings. The molecule has 0 spiro atoms. The third kappa shape index (κ3) is 2.82. The average Bonchev–Trinajstić information content (AvgIpc) is 2.89. The molecule has 0 saturated heterocycles. The second-order valence-corrected chi connectivity index (χ2v) is 3.39. The third-order valence-electron chi connectivity index (χ3n) is 2.21. The summed E-state index contributed by atoms with van der Waals surface area (Å²) in [6.45, 7) is 0.423.